The minimum Gasteiger partial charge on any atom is -0.496 e. The molecule has 29 heavy (non-hydrogen) atoms. The minimum absolute atomic E-state index is 0.0870. The molecule has 0 spiro atoms. The lowest BCUT2D eigenvalue weighted by molar-refractivity contribution is -0.136. The Morgan fingerprint density at radius 2 is 1.93 bits per heavy atom. The van der Waals surface area contributed by atoms with E-state index in [1.807, 2.05) is 25.1 Å². The maximum Gasteiger partial charge on any atom is 0.307 e. The highest BCUT2D eigenvalue weighted by molar-refractivity contribution is 6.30. The van der Waals surface area contributed by atoms with E-state index in [-0.39, 0.29) is 6.42 Å². The molecule has 0 fully saturated rings. The number of aromatic nitrogens is 2. The first-order chi connectivity index (χ1) is 13.9. The number of carbonyl (C=O) groups is 1. The van der Waals surface area contributed by atoms with Crippen LogP contribution in [0, 0.1) is 0 Å². The van der Waals surface area contributed by atoms with Crippen LogP contribution in [-0.4, -0.2) is 39.2 Å². The molecular weight excluding hydrogens is 392 g/mol. The van der Waals surface area contributed by atoms with Crippen molar-refractivity contribution in [2.45, 2.75) is 32.4 Å². The molecule has 3 aromatic rings. The highest BCUT2D eigenvalue weighted by atomic mass is 35.5. The Balaban J connectivity index is 2.11. The van der Waals surface area contributed by atoms with Gasteiger partial charge in [0.15, 0.2) is 0 Å². The number of ether oxygens (including phenoxy) is 1. The molecule has 0 amide bonds. The second-order valence-electron chi connectivity index (χ2n) is 6.77. The Morgan fingerprint density at radius 3 is 2.55 bits per heavy atom. The normalized spacial score (nSPS) is 12.0. The van der Waals surface area contributed by atoms with Crippen molar-refractivity contribution in [1.82, 2.24) is 9.78 Å². The van der Waals surface area contributed by atoms with E-state index in [4.69, 9.17) is 26.5 Å². The molecule has 0 bridgehead atoms. The Labute approximate surface area is 174 Å². The number of hydrogen-bond donors (Lipinski definition) is 2. The number of halogens is 1. The Morgan fingerprint density at radius 1 is 1.21 bits per heavy atom. The zero-order valence-corrected chi connectivity index (χ0v) is 17.1. The van der Waals surface area contributed by atoms with E-state index in [0.29, 0.717) is 40.6 Å². The summed E-state index contributed by atoms with van der Waals surface area (Å²) in [5.74, 6) is -0.304. The molecule has 1 atom stereocenters. The van der Waals surface area contributed by atoms with Gasteiger partial charge in [0.25, 0.3) is 0 Å². The van der Waals surface area contributed by atoms with E-state index in [2.05, 4.69) is 0 Å². The highest BCUT2D eigenvalue weighted by Crippen LogP contribution is 2.33. The van der Waals surface area contributed by atoms with Gasteiger partial charge in [0.2, 0.25) is 0 Å². The molecule has 1 aromatic heterocycles. The first-order valence-electron chi connectivity index (χ1n) is 9.32. The number of carboxylic acids is 1. The number of aliphatic carboxylic acids is 1. The molecule has 2 N–H and O–H groups in total. The Kier molecular flexibility index (Phi) is 6.56. The number of aliphatic hydroxyl groups is 1. The molecule has 0 saturated carbocycles. The van der Waals surface area contributed by atoms with Crippen molar-refractivity contribution in [3.63, 3.8) is 0 Å². The topological polar surface area (TPSA) is 84.6 Å². The average molecular weight is 415 g/mol. The summed E-state index contributed by atoms with van der Waals surface area (Å²) in [5.41, 5.74) is 3.74. The molecule has 0 aliphatic carbocycles. The van der Waals surface area contributed by atoms with E-state index in [1.165, 1.54) is 0 Å². The van der Waals surface area contributed by atoms with Crippen molar-refractivity contribution >= 4 is 17.6 Å². The number of aliphatic hydroxyl groups excluding tert-OH is 1. The molecule has 0 unspecified atom stereocenters. The summed E-state index contributed by atoms with van der Waals surface area (Å²) in [6.45, 7) is 2.25. The predicted octanol–water partition coefficient (Wildman–Crippen LogP) is 4.28. The van der Waals surface area contributed by atoms with E-state index < -0.39 is 12.1 Å². The van der Waals surface area contributed by atoms with Crippen LogP contribution >= 0.6 is 11.6 Å². The third-order valence-electron chi connectivity index (χ3n) is 4.67. The highest BCUT2D eigenvalue weighted by Gasteiger charge is 2.17. The van der Waals surface area contributed by atoms with Crippen LogP contribution in [0.5, 0.6) is 5.75 Å². The SMILES string of the molecule is CC[C@@H](O)Cn1nc(-c2cc(CC(=O)O)ccc2OC)cc1-c1ccc(Cl)cc1. The van der Waals surface area contributed by atoms with Crippen LogP contribution in [0.2, 0.25) is 5.02 Å². The monoisotopic (exact) mass is 414 g/mol. The summed E-state index contributed by atoms with van der Waals surface area (Å²) in [4.78, 5) is 11.1. The summed E-state index contributed by atoms with van der Waals surface area (Å²) in [7, 11) is 1.56. The Bertz CT molecular complexity index is 999. The molecular formula is C22H23ClN2O4. The van der Waals surface area contributed by atoms with Gasteiger partial charge in [-0.05, 0) is 47.9 Å². The van der Waals surface area contributed by atoms with Gasteiger partial charge >= 0.3 is 5.97 Å². The smallest absolute Gasteiger partial charge is 0.307 e. The minimum atomic E-state index is -0.903. The van der Waals surface area contributed by atoms with Crippen molar-refractivity contribution < 1.29 is 19.7 Å². The van der Waals surface area contributed by atoms with E-state index in [9.17, 15) is 9.90 Å². The predicted molar refractivity (Wildman–Crippen MR) is 112 cm³/mol. The first kappa shape index (κ1) is 20.9. The zero-order chi connectivity index (χ0) is 21.0. The fraction of sp³-hybridized carbons (Fsp3) is 0.273. The summed E-state index contributed by atoms with van der Waals surface area (Å²) >= 11 is 6.02. The molecule has 0 aliphatic heterocycles. The summed E-state index contributed by atoms with van der Waals surface area (Å²) in [6.07, 6.45) is -0.0165. The number of nitrogens with zero attached hydrogens (tertiary/aromatic N) is 2. The first-order valence-corrected chi connectivity index (χ1v) is 9.70. The lowest BCUT2D eigenvalue weighted by Crippen LogP contribution is -2.16. The van der Waals surface area contributed by atoms with Crippen LogP contribution in [0.1, 0.15) is 18.9 Å². The second-order valence-corrected chi connectivity index (χ2v) is 7.21. The molecule has 152 valence electrons. The van der Waals surface area contributed by atoms with E-state index in [1.54, 1.807) is 42.1 Å². The maximum atomic E-state index is 11.1. The summed E-state index contributed by atoms with van der Waals surface area (Å²) in [5, 5.41) is 24.6. The van der Waals surface area contributed by atoms with Crippen molar-refractivity contribution in [1.29, 1.82) is 0 Å². The number of benzene rings is 2. The van der Waals surface area contributed by atoms with Crippen LogP contribution in [0.4, 0.5) is 0 Å². The Hall–Kier alpha value is -2.83. The number of carboxylic acid groups (broad SMARTS) is 1. The van der Waals surface area contributed by atoms with Crippen molar-refractivity contribution in [2.75, 3.05) is 7.11 Å². The van der Waals surface area contributed by atoms with Gasteiger partial charge in [0.1, 0.15) is 5.75 Å². The fourth-order valence-electron chi connectivity index (χ4n) is 3.11. The van der Waals surface area contributed by atoms with Gasteiger partial charge in [-0.2, -0.15) is 5.10 Å². The van der Waals surface area contributed by atoms with Gasteiger partial charge in [-0.1, -0.05) is 36.7 Å². The van der Waals surface area contributed by atoms with Crippen LogP contribution in [0.25, 0.3) is 22.5 Å². The van der Waals surface area contributed by atoms with Gasteiger partial charge in [0.05, 0.1) is 37.6 Å². The second kappa shape index (κ2) is 9.11. The number of hydrogen-bond acceptors (Lipinski definition) is 4. The molecule has 0 radical (unpaired) electrons. The van der Waals surface area contributed by atoms with Crippen LogP contribution in [-0.2, 0) is 17.8 Å². The quantitative estimate of drug-likeness (QED) is 0.574. The lowest BCUT2D eigenvalue weighted by atomic mass is 10.0. The van der Waals surface area contributed by atoms with Gasteiger partial charge in [0, 0.05) is 10.6 Å². The molecule has 0 saturated heterocycles. The van der Waals surface area contributed by atoms with Gasteiger partial charge in [-0.25, -0.2) is 0 Å². The van der Waals surface area contributed by atoms with Gasteiger partial charge < -0.3 is 14.9 Å². The van der Waals surface area contributed by atoms with Crippen molar-refractivity contribution in [3.05, 3.63) is 59.1 Å². The van der Waals surface area contributed by atoms with Crippen LogP contribution in [0.15, 0.2) is 48.5 Å². The molecule has 7 heteroatoms. The lowest BCUT2D eigenvalue weighted by Gasteiger charge is -2.11. The van der Waals surface area contributed by atoms with Crippen LogP contribution < -0.4 is 4.74 Å². The summed E-state index contributed by atoms with van der Waals surface area (Å²) < 4.78 is 7.23. The fourth-order valence-corrected chi connectivity index (χ4v) is 3.24. The van der Waals surface area contributed by atoms with Gasteiger partial charge in [-0.15, -0.1) is 0 Å². The third kappa shape index (κ3) is 4.96. The zero-order valence-electron chi connectivity index (χ0n) is 16.3. The number of methoxy groups -OCH3 is 1. The largest absolute Gasteiger partial charge is 0.496 e. The number of rotatable bonds is 8. The van der Waals surface area contributed by atoms with Crippen LogP contribution in [0.3, 0.4) is 0 Å². The molecule has 0 aliphatic rings. The molecule has 1 heterocycles. The van der Waals surface area contributed by atoms with Gasteiger partial charge in [-0.3, -0.25) is 9.48 Å². The van der Waals surface area contributed by atoms with E-state index in [0.717, 1.165) is 11.3 Å². The van der Waals surface area contributed by atoms with E-state index >= 15 is 0 Å². The third-order valence-corrected chi connectivity index (χ3v) is 4.92. The molecule has 6 nitrogen and oxygen atoms in total. The average Bonchev–Trinajstić information content (AvgIpc) is 3.11. The standard InChI is InChI=1S/C22H23ClN2O4/c1-3-17(26)13-25-20(15-5-7-16(23)8-6-15)12-19(24-25)18-10-14(11-22(27)28)4-9-21(18)29-2/h4-10,12,17,26H,3,11,13H2,1-2H3,(H,27,28)/t17-/m1/s1. The van der Waals surface area contributed by atoms with Crippen molar-refractivity contribution in [3.8, 4) is 28.3 Å². The maximum absolute atomic E-state index is 11.1. The van der Waals surface area contributed by atoms with Crippen molar-refractivity contribution in [2.24, 2.45) is 0 Å². The molecule has 3 rings (SSSR count). The summed E-state index contributed by atoms with van der Waals surface area (Å²) in [6, 6.07) is 14.6. The molecule has 2 aromatic carbocycles.